The molecule has 1 fully saturated rings. The van der Waals surface area contributed by atoms with Gasteiger partial charge in [-0.1, -0.05) is 23.4 Å². The molecule has 2 amide bonds. The standard InChI is InChI=1S/C12H12ClN5O2S/c13-6-1-3-7(4-2-6)16-9(19)5-8-10(20)17-12(21-8)18-11(14)15/h1-4,8H,5H2,(H,16,19)(H4,14,15,17,18,20). The average Bonchev–Trinajstić information content (AvgIpc) is 2.71. The average molecular weight is 326 g/mol. The lowest BCUT2D eigenvalue weighted by atomic mass is 10.2. The number of hydrogen-bond acceptors (Lipinski definition) is 4. The Morgan fingerprint density at radius 3 is 2.76 bits per heavy atom. The molecule has 1 heterocycles. The number of anilines is 1. The minimum Gasteiger partial charge on any atom is -0.368 e. The summed E-state index contributed by atoms with van der Waals surface area (Å²) in [4.78, 5) is 27.2. The van der Waals surface area contributed by atoms with Crippen LogP contribution in [0.3, 0.4) is 0 Å². The number of carbonyl (C=O) groups excluding carboxylic acids is 2. The molecule has 1 aliphatic rings. The number of amides is 2. The highest BCUT2D eigenvalue weighted by atomic mass is 35.5. The second-order valence-electron chi connectivity index (χ2n) is 4.16. The number of hydrogen-bond donors (Lipinski definition) is 4. The first-order valence-electron chi connectivity index (χ1n) is 5.89. The Morgan fingerprint density at radius 2 is 2.14 bits per heavy atom. The number of aliphatic imine (C=N–C) groups is 1. The molecule has 1 unspecified atom stereocenters. The van der Waals surface area contributed by atoms with Gasteiger partial charge in [-0.3, -0.25) is 15.0 Å². The number of nitrogens with two attached hydrogens (primary N) is 1. The topological polar surface area (TPSA) is 120 Å². The summed E-state index contributed by atoms with van der Waals surface area (Å²) in [5.74, 6) is -1.02. The van der Waals surface area contributed by atoms with E-state index in [0.717, 1.165) is 11.8 Å². The Bertz CT molecular complexity index is 617. The monoisotopic (exact) mass is 325 g/mol. The minimum atomic E-state index is -0.588. The fourth-order valence-electron chi connectivity index (χ4n) is 1.62. The minimum absolute atomic E-state index is 0.00392. The van der Waals surface area contributed by atoms with Crippen LogP contribution in [0, 0.1) is 5.41 Å². The van der Waals surface area contributed by atoms with E-state index in [-0.39, 0.29) is 23.4 Å². The summed E-state index contributed by atoms with van der Waals surface area (Å²) in [5.41, 5.74) is 5.72. The molecular weight excluding hydrogens is 314 g/mol. The summed E-state index contributed by atoms with van der Waals surface area (Å²) in [6.45, 7) is 0. The zero-order valence-corrected chi connectivity index (χ0v) is 12.3. The zero-order valence-electron chi connectivity index (χ0n) is 10.7. The van der Waals surface area contributed by atoms with E-state index < -0.39 is 11.2 Å². The molecule has 1 atom stereocenters. The molecule has 2 rings (SSSR count). The summed E-state index contributed by atoms with van der Waals surface area (Å²) in [7, 11) is 0. The fraction of sp³-hybridized carbons (Fsp3) is 0.167. The van der Waals surface area contributed by atoms with Crippen LogP contribution >= 0.6 is 23.4 Å². The fourth-order valence-corrected chi connectivity index (χ4v) is 2.72. The Labute approximate surface area is 129 Å². The van der Waals surface area contributed by atoms with Crippen LogP contribution in [0.15, 0.2) is 29.3 Å². The van der Waals surface area contributed by atoms with Gasteiger partial charge in [-0.25, -0.2) is 0 Å². The van der Waals surface area contributed by atoms with Crippen LogP contribution < -0.4 is 16.4 Å². The normalized spacial score (nSPS) is 19.4. The summed E-state index contributed by atoms with van der Waals surface area (Å²) >= 11 is 6.83. The first-order chi connectivity index (χ1) is 9.94. The Kier molecular flexibility index (Phi) is 4.81. The van der Waals surface area contributed by atoms with Crippen molar-refractivity contribution in [3.05, 3.63) is 29.3 Å². The summed E-state index contributed by atoms with van der Waals surface area (Å²) < 4.78 is 0. The first kappa shape index (κ1) is 15.3. The van der Waals surface area contributed by atoms with Crippen LogP contribution in [0.1, 0.15) is 6.42 Å². The first-order valence-corrected chi connectivity index (χ1v) is 7.15. The van der Waals surface area contributed by atoms with Crippen molar-refractivity contribution in [2.24, 2.45) is 10.7 Å². The number of nitrogens with one attached hydrogen (secondary N) is 3. The Morgan fingerprint density at radius 1 is 1.48 bits per heavy atom. The van der Waals surface area contributed by atoms with Crippen LogP contribution in [-0.4, -0.2) is 28.2 Å². The van der Waals surface area contributed by atoms with E-state index in [0.29, 0.717) is 10.7 Å². The van der Waals surface area contributed by atoms with Gasteiger partial charge >= 0.3 is 0 Å². The van der Waals surface area contributed by atoms with E-state index in [2.05, 4.69) is 15.6 Å². The molecule has 21 heavy (non-hydrogen) atoms. The van der Waals surface area contributed by atoms with Gasteiger partial charge in [0.25, 0.3) is 0 Å². The lowest BCUT2D eigenvalue weighted by Crippen LogP contribution is -2.28. The maximum absolute atomic E-state index is 11.9. The van der Waals surface area contributed by atoms with Gasteiger partial charge in [0, 0.05) is 17.1 Å². The van der Waals surface area contributed by atoms with Gasteiger partial charge in [0.15, 0.2) is 5.17 Å². The van der Waals surface area contributed by atoms with Gasteiger partial charge in [0.1, 0.15) is 5.25 Å². The molecule has 0 bridgehead atoms. The van der Waals surface area contributed by atoms with Crippen molar-refractivity contribution in [2.45, 2.75) is 11.7 Å². The molecule has 1 aromatic carbocycles. The maximum atomic E-state index is 11.9. The van der Waals surface area contributed by atoms with Crippen molar-refractivity contribution in [3.63, 3.8) is 0 Å². The SMILES string of the molecule is N=C(N)N=C1NC(=O)C(CC(=O)Nc2ccc(Cl)cc2)S1. The molecule has 1 aromatic rings. The number of benzene rings is 1. The van der Waals surface area contributed by atoms with Crippen LogP contribution in [0.4, 0.5) is 5.69 Å². The van der Waals surface area contributed by atoms with Crippen molar-refractivity contribution in [2.75, 3.05) is 5.32 Å². The largest absolute Gasteiger partial charge is 0.368 e. The summed E-state index contributed by atoms with van der Waals surface area (Å²) in [6.07, 6.45) is -0.00392. The van der Waals surface area contributed by atoms with Crippen LogP contribution in [0.5, 0.6) is 0 Å². The number of halogens is 1. The quantitative estimate of drug-likeness (QED) is 0.492. The highest BCUT2D eigenvalue weighted by molar-refractivity contribution is 8.15. The zero-order chi connectivity index (χ0) is 15.4. The molecule has 1 saturated heterocycles. The van der Waals surface area contributed by atoms with Gasteiger partial charge in [-0.05, 0) is 24.3 Å². The van der Waals surface area contributed by atoms with E-state index in [1.807, 2.05) is 0 Å². The van der Waals surface area contributed by atoms with Gasteiger partial charge < -0.3 is 16.4 Å². The highest BCUT2D eigenvalue weighted by Gasteiger charge is 2.32. The molecule has 0 aliphatic carbocycles. The molecule has 110 valence electrons. The molecule has 0 spiro atoms. The van der Waals surface area contributed by atoms with Crippen molar-refractivity contribution in [1.29, 1.82) is 5.41 Å². The van der Waals surface area contributed by atoms with Crippen LogP contribution in [0.25, 0.3) is 0 Å². The predicted molar refractivity (Wildman–Crippen MR) is 83.6 cm³/mol. The van der Waals surface area contributed by atoms with E-state index >= 15 is 0 Å². The van der Waals surface area contributed by atoms with Crippen molar-refractivity contribution >= 4 is 52.0 Å². The van der Waals surface area contributed by atoms with Gasteiger partial charge in [0.05, 0.1) is 0 Å². The van der Waals surface area contributed by atoms with E-state index in [4.69, 9.17) is 22.7 Å². The molecule has 0 aromatic heterocycles. The molecule has 1 aliphatic heterocycles. The third-order valence-corrected chi connectivity index (χ3v) is 3.83. The third-order valence-electron chi connectivity index (χ3n) is 2.50. The molecule has 0 saturated carbocycles. The Hall–Kier alpha value is -2.06. The maximum Gasteiger partial charge on any atom is 0.240 e. The van der Waals surface area contributed by atoms with Crippen LogP contribution in [-0.2, 0) is 9.59 Å². The van der Waals surface area contributed by atoms with Gasteiger partial charge in [-0.2, -0.15) is 4.99 Å². The molecule has 5 N–H and O–H groups in total. The lowest BCUT2D eigenvalue weighted by Gasteiger charge is -2.07. The third kappa shape index (κ3) is 4.47. The number of rotatable bonds is 3. The van der Waals surface area contributed by atoms with Gasteiger partial charge in [-0.15, -0.1) is 0 Å². The van der Waals surface area contributed by atoms with Crippen LogP contribution in [0.2, 0.25) is 5.02 Å². The van der Waals surface area contributed by atoms with E-state index in [1.54, 1.807) is 24.3 Å². The number of carbonyl (C=O) groups is 2. The van der Waals surface area contributed by atoms with Crippen molar-refractivity contribution < 1.29 is 9.59 Å². The van der Waals surface area contributed by atoms with Crippen molar-refractivity contribution in [3.8, 4) is 0 Å². The number of nitrogens with zero attached hydrogens (tertiary/aromatic N) is 1. The van der Waals surface area contributed by atoms with Gasteiger partial charge in [0.2, 0.25) is 17.8 Å². The predicted octanol–water partition coefficient (Wildman–Crippen LogP) is 1.15. The summed E-state index contributed by atoms with van der Waals surface area (Å²) in [6, 6.07) is 6.66. The van der Waals surface area contributed by atoms with E-state index in [1.165, 1.54) is 0 Å². The second kappa shape index (κ2) is 6.59. The van der Waals surface area contributed by atoms with E-state index in [9.17, 15) is 9.59 Å². The number of thioether (sulfide) groups is 1. The summed E-state index contributed by atoms with van der Waals surface area (Å²) in [5, 5.41) is 12.4. The molecule has 9 heteroatoms. The lowest BCUT2D eigenvalue weighted by molar-refractivity contribution is -0.122. The van der Waals surface area contributed by atoms with Crippen molar-refractivity contribution in [1.82, 2.24) is 5.32 Å². The highest BCUT2D eigenvalue weighted by Crippen LogP contribution is 2.23. The smallest absolute Gasteiger partial charge is 0.240 e. The number of amidine groups is 1. The molecular formula is C12H12ClN5O2S. The molecule has 7 nitrogen and oxygen atoms in total. The Balaban J connectivity index is 1.92. The molecule has 0 radical (unpaired) electrons. The number of guanidine groups is 1. The second-order valence-corrected chi connectivity index (χ2v) is 5.79.